The number of aryl methyl sites for hydroxylation is 1. The largest absolute Gasteiger partial charge is 0.378 e. The summed E-state index contributed by atoms with van der Waals surface area (Å²) >= 11 is 0. The van der Waals surface area contributed by atoms with Crippen molar-refractivity contribution in [3.8, 4) is 11.4 Å². The monoisotopic (exact) mass is 481 g/mol. The summed E-state index contributed by atoms with van der Waals surface area (Å²) in [6, 6.07) is 13.4. The summed E-state index contributed by atoms with van der Waals surface area (Å²) in [4.78, 5) is 35.9. The van der Waals surface area contributed by atoms with Crippen LogP contribution in [0, 0.1) is 6.92 Å². The Balaban J connectivity index is 1.50. The second-order valence-corrected chi connectivity index (χ2v) is 9.01. The van der Waals surface area contributed by atoms with Gasteiger partial charge in [-0.05, 0) is 38.1 Å². The Hall–Kier alpha value is -4.24. The first-order chi connectivity index (χ1) is 17.6. The van der Waals surface area contributed by atoms with Crippen LogP contribution in [-0.4, -0.2) is 51.2 Å². The molecule has 0 amide bonds. The molecule has 1 aliphatic rings. The third-order valence-electron chi connectivity index (χ3n) is 6.72. The van der Waals surface area contributed by atoms with Crippen LogP contribution in [0.5, 0.6) is 0 Å². The van der Waals surface area contributed by atoms with Gasteiger partial charge < -0.3 is 24.9 Å². The zero-order valence-corrected chi connectivity index (χ0v) is 20.2. The second kappa shape index (κ2) is 9.09. The molecule has 9 heteroatoms. The Kier molecular flexibility index (Phi) is 5.61. The fourth-order valence-electron chi connectivity index (χ4n) is 4.90. The lowest BCUT2D eigenvalue weighted by Gasteiger charge is -2.30. The summed E-state index contributed by atoms with van der Waals surface area (Å²) in [5, 5.41) is 4.39. The van der Waals surface area contributed by atoms with Gasteiger partial charge in [0, 0.05) is 42.1 Å². The second-order valence-electron chi connectivity index (χ2n) is 9.01. The van der Waals surface area contributed by atoms with Crippen molar-refractivity contribution < 1.29 is 4.74 Å². The number of hydrogen-bond acceptors (Lipinski definition) is 7. The first kappa shape index (κ1) is 22.2. The molecular formula is C27H27N7O2. The van der Waals surface area contributed by atoms with Gasteiger partial charge in [-0.2, -0.15) is 0 Å². The molecule has 0 aliphatic carbocycles. The van der Waals surface area contributed by atoms with Crippen LogP contribution in [-0.2, 0) is 4.74 Å². The number of ether oxygens (including phenoxy) is 1. The number of aromatic nitrogens is 5. The zero-order valence-electron chi connectivity index (χ0n) is 20.2. The van der Waals surface area contributed by atoms with Crippen LogP contribution >= 0.6 is 0 Å². The first-order valence-electron chi connectivity index (χ1n) is 12.1. The number of para-hydroxylation sites is 1. The van der Waals surface area contributed by atoms with Crippen molar-refractivity contribution in [3.05, 3.63) is 76.6 Å². The third-order valence-corrected chi connectivity index (χ3v) is 6.72. The number of hydrogen-bond donors (Lipinski definition) is 3. The van der Waals surface area contributed by atoms with E-state index >= 15 is 0 Å². The summed E-state index contributed by atoms with van der Waals surface area (Å²) in [6.07, 6.45) is 3.43. The molecule has 0 bridgehead atoms. The van der Waals surface area contributed by atoms with Crippen molar-refractivity contribution in [2.45, 2.75) is 19.9 Å². The Morgan fingerprint density at radius 3 is 2.58 bits per heavy atom. The van der Waals surface area contributed by atoms with E-state index in [2.05, 4.69) is 43.1 Å². The standard InChI is InChI=1S/C27H27N7O2/c1-16-21(34-12-14-36-15-13-34)9-8-20-23(16)33-26(31-20)22-24(30-17(2)25-28-10-5-11-29-25)18-6-3-4-7-19(18)32-27(22)35/h3-11,17H,12-15H2,1-2H3,(H,31,33)(H2,30,32,35). The highest BCUT2D eigenvalue weighted by molar-refractivity contribution is 5.99. The Labute approximate surface area is 207 Å². The van der Waals surface area contributed by atoms with Gasteiger partial charge in [-0.25, -0.2) is 15.0 Å². The Morgan fingerprint density at radius 1 is 1.00 bits per heavy atom. The Morgan fingerprint density at radius 2 is 1.78 bits per heavy atom. The molecule has 9 nitrogen and oxygen atoms in total. The maximum atomic E-state index is 13.4. The number of imidazole rings is 1. The lowest BCUT2D eigenvalue weighted by molar-refractivity contribution is 0.122. The van der Waals surface area contributed by atoms with Gasteiger partial charge in [-0.15, -0.1) is 0 Å². The van der Waals surface area contributed by atoms with Crippen molar-refractivity contribution in [2.24, 2.45) is 0 Å². The zero-order chi connectivity index (χ0) is 24.6. The quantitative estimate of drug-likeness (QED) is 0.345. The van der Waals surface area contributed by atoms with Gasteiger partial charge in [0.2, 0.25) is 0 Å². The summed E-state index contributed by atoms with van der Waals surface area (Å²) in [5.74, 6) is 1.16. The number of nitrogens with zero attached hydrogens (tertiary/aromatic N) is 4. The van der Waals surface area contributed by atoms with E-state index in [1.165, 1.54) is 0 Å². The predicted molar refractivity (Wildman–Crippen MR) is 141 cm³/mol. The van der Waals surface area contributed by atoms with Crippen LogP contribution in [0.4, 0.5) is 11.4 Å². The highest BCUT2D eigenvalue weighted by atomic mass is 16.5. The van der Waals surface area contributed by atoms with Crippen molar-refractivity contribution in [2.75, 3.05) is 36.5 Å². The molecule has 4 heterocycles. The van der Waals surface area contributed by atoms with Crippen LogP contribution < -0.4 is 15.8 Å². The summed E-state index contributed by atoms with van der Waals surface area (Å²) in [5.41, 5.74) is 5.64. The van der Waals surface area contributed by atoms with E-state index < -0.39 is 0 Å². The van der Waals surface area contributed by atoms with Crippen molar-refractivity contribution in [3.63, 3.8) is 0 Å². The van der Waals surface area contributed by atoms with Gasteiger partial charge in [0.05, 0.1) is 41.5 Å². The summed E-state index contributed by atoms with van der Waals surface area (Å²) in [7, 11) is 0. The van der Waals surface area contributed by atoms with Gasteiger partial charge >= 0.3 is 0 Å². The van der Waals surface area contributed by atoms with Crippen molar-refractivity contribution in [1.82, 2.24) is 24.9 Å². The maximum absolute atomic E-state index is 13.4. The van der Waals surface area contributed by atoms with Crippen molar-refractivity contribution in [1.29, 1.82) is 0 Å². The molecule has 1 unspecified atom stereocenters. The Bertz CT molecular complexity index is 1600. The van der Waals surface area contributed by atoms with E-state index in [1.54, 1.807) is 18.5 Å². The van der Waals surface area contributed by atoms with Gasteiger partial charge in [-0.3, -0.25) is 4.79 Å². The number of nitrogens with one attached hydrogen (secondary N) is 3. The molecule has 1 aliphatic heterocycles. The van der Waals surface area contributed by atoms with Crippen LogP contribution in [0.3, 0.4) is 0 Å². The number of pyridine rings is 1. The van der Waals surface area contributed by atoms with Crippen LogP contribution in [0.1, 0.15) is 24.4 Å². The molecule has 0 spiro atoms. The van der Waals surface area contributed by atoms with Crippen molar-refractivity contribution >= 4 is 33.3 Å². The van der Waals surface area contributed by atoms with Gasteiger partial charge in [0.25, 0.3) is 5.56 Å². The van der Waals surface area contributed by atoms with Crippen LogP contribution in [0.25, 0.3) is 33.3 Å². The molecule has 1 saturated heterocycles. The fraction of sp³-hybridized carbons (Fsp3) is 0.259. The predicted octanol–water partition coefficient (Wildman–Crippen LogP) is 4.18. The van der Waals surface area contributed by atoms with E-state index in [0.717, 1.165) is 46.3 Å². The summed E-state index contributed by atoms with van der Waals surface area (Å²) in [6.45, 7) is 7.19. The average Bonchev–Trinajstić information content (AvgIpc) is 3.34. The molecule has 2 aromatic carbocycles. The number of aromatic amines is 2. The van der Waals surface area contributed by atoms with E-state index in [4.69, 9.17) is 9.72 Å². The molecule has 0 saturated carbocycles. The first-order valence-corrected chi connectivity index (χ1v) is 12.1. The van der Waals surface area contributed by atoms with E-state index in [-0.39, 0.29) is 11.6 Å². The fourth-order valence-corrected chi connectivity index (χ4v) is 4.90. The number of benzene rings is 2. The number of fused-ring (bicyclic) bond motifs is 2. The van der Waals surface area contributed by atoms with Gasteiger partial charge in [0.1, 0.15) is 17.2 Å². The summed E-state index contributed by atoms with van der Waals surface area (Å²) < 4.78 is 5.52. The molecule has 0 radical (unpaired) electrons. The van der Waals surface area contributed by atoms with E-state index in [9.17, 15) is 4.79 Å². The lowest BCUT2D eigenvalue weighted by atomic mass is 10.1. The SMILES string of the molecule is Cc1c(N2CCOCC2)ccc2[nH]c(-c3c(NC(C)c4ncccn4)c4ccccc4[nH]c3=O)nc12. The highest BCUT2D eigenvalue weighted by Gasteiger charge is 2.22. The molecule has 36 heavy (non-hydrogen) atoms. The van der Waals surface area contributed by atoms with E-state index in [0.29, 0.717) is 36.1 Å². The maximum Gasteiger partial charge on any atom is 0.261 e. The minimum Gasteiger partial charge on any atom is -0.378 e. The molecule has 1 atom stereocenters. The minimum absolute atomic E-state index is 0.220. The number of rotatable bonds is 5. The lowest BCUT2D eigenvalue weighted by Crippen LogP contribution is -2.36. The smallest absolute Gasteiger partial charge is 0.261 e. The normalized spacial score (nSPS) is 14.9. The molecule has 1 fully saturated rings. The number of morpholine rings is 1. The number of anilines is 2. The van der Waals surface area contributed by atoms with Crippen LogP contribution in [0.2, 0.25) is 0 Å². The van der Waals surface area contributed by atoms with Gasteiger partial charge in [-0.1, -0.05) is 18.2 Å². The molecular weight excluding hydrogens is 454 g/mol. The molecule has 3 N–H and O–H groups in total. The third kappa shape index (κ3) is 3.87. The highest BCUT2D eigenvalue weighted by Crippen LogP contribution is 2.35. The molecule has 6 rings (SSSR count). The minimum atomic E-state index is -0.228. The van der Waals surface area contributed by atoms with E-state index in [1.807, 2.05) is 37.3 Å². The topological polar surface area (TPSA) is 112 Å². The average molecular weight is 482 g/mol. The van der Waals surface area contributed by atoms with Gasteiger partial charge in [0.15, 0.2) is 0 Å². The number of H-pyrrole nitrogens is 2. The molecule has 182 valence electrons. The molecule has 3 aromatic heterocycles. The van der Waals surface area contributed by atoms with Crippen LogP contribution in [0.15, 0.2) is 59.7 Å². The molecule has 5 aromatic rings.